The first-order chi connectivity index (χ1) is 9.34. The first-order valence-electron chi connectivity index (χ1n) is 5.48. The molecular weight excluding hydrogens is 248 g/mol. The van der Waals surface area contributed by atoms with E-state index in [1.54, 1.807) is 12.1 Å². The molecule has 8 heteroatoms. The van der Waals surface area contributed by atoms with E-state index in [0.717, 1.165) is 0 Å². The zero-order valence-electron chi connectivity index (χ0n) is 9.44. The van der Waals surface area contributed by atoms with E-state index in [-0.39, 0.29) is 22.8 Å². The molecule has 0 amide bonds. The predicted molar refractivity (Wildman–Crippen MR) is 64.4 cm³/mol. The van der Waals surface area contributed by atoms with Gasteiger partial charge in [-0.3, -0.25) is 4.79 Å². The lowest BCUT2D eigenvalue weighted by molar-refractivity contribution is 0.634. The van der Waals surface area contributed by atoms with Crippen molar-refractivity contribution in [2.24, 2.45) is 0 Å². The van der Waals surface area contributed by atoms with Crippen molar-refractivity contribution >= 4 is 16.9 Å². The number of H-pyrrole nitrogens is 1. The Balaban J connectivity index is 2.18. The number of benzene rings is 1. The van der Waals surface area contributed by atoms with Crippen molar-refractivity contribution in [2.75, 3.05) is 0 Å². The van der Waals surface area contributed by atoms with Crippen LogP contribution in [0.25, 0.3) is 28.3 Å². The van der Waals surface area contributed by atoms with Gasteiger partial charge >= 0.3 is 5.84 Å². The van der Waals surface area contributed by atoms with Gasteiger partial charge in [0.2, 0.25) is 0 Å². The zero-order valence-corrected chi connectivity index (χ0v) is 9.44. The van der Waals surface area contributed by atoms with E-state index >= 15 is 0 Å². The highest BCUT2D eigenvalue weighted by Gasteiger charge is 2.15. The molecule has 1 N–H and O–H groups in total. The van der Waals surface area contributed by atoms with Crippen molar-refractivity contribution in [3.63, 3.8) is 0 Å². The second-order valence-electron chi connectivity index (χ2n) is 3.91. The smallest absolute Gasteiger partial charge is 0.309 e. The van der Waals surface area contributed by atoms with E-state index in [9.17, 15) is 4.79 Å². The highest BCUT2D eigenvalue weighted by atomic mass is 16.4. The Morgan fingerprint density at radius 1 is 1.26 bits per heavy atom. The molecule has 1 aromatic carbocycles. The fraction of sp³-hybridized carbons (Fsp3) is 0. The zero-order chi connectivity index (χ0) is 12.8. The molecule has 0 unspecified atom stereocenters. The minimum Gasteiger partial charge on any atom is -0.423 e. The van der Waals surface area contributed by atoms with Crippen LogP contribution in [0.5, 0.6) is 0 Å². The number of aromatic amines is 1. The molecule has 0 aliphatic rings. The maximum Gasteiger partial charge on any atom is 0.309 e. The summed E-state index contributed by atoms with van der Waals surface area (Å²) in [5.74, 6) is 0.514. The average Bonchev–Trinajstić information content (AvgIpc) is 3.05. The maximum atomic E-state index is 12.4. The van der Waals surface area contributed by atoms with Gasteiger partial charge < -0.3 is 4.42 Å². The number of para-hydroxylation sites is 2. The van der Waals surface area contributed by atoms with Gasteiger partial charge in [-0.2, -0.15) is 0 Å². The minimum absolute atomic E-state index is 0.238. The predicted octanol–water partition coefficient (Wildman–Crippen LogP) is 0.621. The summed E-state index contributed by atoms with van der Waals surface area (Å²) in [6.07, 6.45) is 1.39. The second kappa shape index (κ2) is 3.48. The first kappa shape index (κ1) is 9.95. The normalized spacial score (nSPS) is 11.4. The molecule has 0 saturated heterocycles. The molecule has 3 heterocycles. The van der Waals surface area contributed by atoms with Crippen LogP contribution in [-0.2, 0) is 0 Å². The van der Waals surface area contributed by atoms with Crippen LogP contribution >= 0.6 is 0 Å². The van der Waals surface area contributed by atoms with Gasteiger partial charge in [0.15, 0.2) is 11.4 Å². The molecule has 0 aliphatic carbocycles. The number of hydrogen-bond acceptors (Lipinski definition) is 6. The van der Waals surface area contributed by atoms with Crippen LogP contribution in [0.2, 0.25) is 0 Å². The standard InChI is InChI=1S/C11H6N6O2/c18-10-6(9-13-15-16-14-9)5-12-11-17(10)7-3-1-2-4-8(7)19-11/h1-5H,(H,13,14,15,16). The molecule has 0 fully saturated rings. The van der Waals surface area contributed by atoms with Gasteiger partial charge in [0.1, 0.15) is 5.56 Å². The summed E-state index contributed by atoms with van der Waals surface area (Å²) in [5, 5.41) is 13.2. The first-order valence-corrected chi connectivity index (χ1v) is 5.48. The van der Waals surface area contributed by atoms with E-state index in [1.807, 2.05) is 12.1 Å². The number of fused-ring (bicyclic) bond motifs is 3. The van der Waals surface area contributed by atoms with Gasteiger partial charge in [0.25, 0.3) is 5.56 Å². The monoisotopic (exact) mass is 254 g/mol. The molecule has 0 aliphatic heterocycles. The van der Waals surface area contributed by atoms with Crippen LogP contribution in [0, 0.1) is 0 Å². The molecule has 0 spiro atoms. The number of hydrogen-bond donors (Lipinski definition) is 1. The number of nitrogens with one attached hydrogen (secondary N) is 1. The summed E-state index contributed by atoms with van der Waals surface area (Å²) < 4.78 is 6.89. The summed E-state index contributed by atoms with van der Waals surface area (Å²) in [5.41, 5.74) is 1.26. The number of rotatable bonds is 1. The lowest BCUT2D eigenvalue weighted by atomic mass is 10.3. The van der Waals surface area contributed by atoms with Gasteiger partial charge in [0, 0.05) is 6.20 Å². The number of tetrazole rings is 1. The van der Waals surface area contributed by atoms with Crippen LogP contribution in [0.15, 0.2) is 39.7 Å². The van der Waals surface area contributed by atoms with Gasteiger partial charge in [-0.25, -0.2) is 14.5 Å². The van der Waals surface area contributed by atoms with Gasteiger partial charge in [-0.15, -0.1) is 5.10 Å². The topological polar surface area (TPSA) is 102 Å². The van der Waals surface area contributed by atoms with Gasteiger partial charge in [-0.1, -0.05) is 12.1 Å². The fourth-order valence-corrected chi connectivity index (χ4v) is 1.99. The van der Waals surface area contributed by atoms with Gasteiger partial charge in [-0.05, 0) is 22.6 Å². The lowest BCUT2D eigenvalue weighted by Gasteiger charge is -1.95. The van der Waals surface area contributed by atoms with Crippen molar-refractivity contribution in [1.82, 2.24) is 30.0 Å². The Kier molecular flexibility index (Phi) is 1.82. The third-order valence-corrected chi connectivity index (χ3v) is 2.84. The maximum absolute atomic E-state index is 12.4. The summed E-state index contributed by atoms with van der Waals surface area (Å²) >= 11 is 0. The highest BCUT2D eigenvalue weighted by Crippen LogP contribution is 2.18. The summed E-state index contributed by atoms with van der Waals surface area (Å²) in [4.78, 5) is 16.6. The second-order valence-corrected chi connectivity index (χ2v) is 3.91. The number of nitrogens with zero attached hydrogens (tertiary/aromatic N) is 5. The SMILES string of the molecule is O=c1c(-c2nnn[nH]2)cnc2oc3ccccc3n12. The van der Waals surface area contributed by atoms with E-state index in [2.05, 4.69) is 25.6 Å². The third kappa shape index (κ3) is 1.30. The highest BCUT2D eigenvalue weighted by molar-refractivity contribution is 5.76. The van der Waals surface area contributed by atoms with Crippen LogP contribution in [0.1, 0.15) is 0 Å². The summed E-state index contributed by atoms with van der Waals surface area (Å²) in [6, 6.07) is 7.22. The van der Waals surface area contributed by atoms with E-state index in [0.29, 0.717) is 11.1 Å². The van der Waals surface area contributed by atoms with Crippen LogP contribution in [-0.4, -0.2) is 30.0 Å². The molecule has 92 valence electrons. The summed E-state index contributed by atoms with van der Waals surface area (Å²) in [6.45, 7) is 0. The molecule has 4 rings (SSSR count). The fourth-order valence-electron chi connectivity index (χ4n) is 1.99. The minimum atomic E-state index is -0.284. The van der Waals surface area contributed by atoms with Crippen LogP contribution in [0.3, 0.4) is 0 Å². The third-order valence-electron chi connectivity index (χ3n) is 2.84. The molecule has 0 bridgehead atoms. The van der Waals surface area contributed by atoms with Crippen molar-refractivity contribution < 1.29 is 4.42 Å². The Bertz CT molecular complexity index is 937. The number of aromatic nitrogens is 6. The lowest BCUT2D eigenvalue weighted by Crippen LogP contribution is -2.16. The van der Waals surface area contributed by atoms with Crippen molar-refractivity contribution in [3.8, 4) is 11.4 Å². The van der Waals surface area contributed by atoms with Gasteiger partial charge in [0.05, 0.1) is 5.52 Å². The van der Waals surface area contributed by atoms with Crippen molar-refractivity contribution in [1.29, 1.82) is 0 Å². The largest absolute Gasteiger partial charge is 0.423 e. The summed E-state index contributed by atoms with van der Waals surface area (Å²) in [7, 11) is 0. The molecule has 0 atom stereocenters. The van der Waals surface area contributed by atoms with Crippen LogP contribution < -0.4 is 5.56 Å². The van der Waals surface area contributed by atoms with E-state index in [1.165, 1.54) is 10.6 Å². The molecule has 3 aromatic heterocycles. The number of oxazole rings is 1. The molecule has 19 heavy (non-hydrogen) atoms. The van der Waals surface area contributed by atoms with E-state index < -0.39 is 0 Å². The molecule has 8 nitrogen and oxygen atoms in total. The Labute approximate surface area is 104 Å². The van der Waals surface area contributed by atoms with E-state index in [4.69, 9.17) is 4.42 Å². The Morgan fingerprint density at radius 2 is 2.16 bits per heavy atom. The molecule has 4 aromatic rings. The average molecular weight is 254 g/mol. The van der Waals surface area contributed by atoms with Crippen molar-refractivity contribution in [3.05, 3.63) is 40.8 Å². The molecular formula is C11H6N6O2. The quantitative estimate of drug-likeness (QED) is 0.534. The van der Waals surface area contributed by atoms with Crippen LogP contribution in [0.4, 0.5) is 0 Å². The Morgan fingerprint density at radius 3 is 3.00 bits per heavy atom. The molecule has 0 radical (unpaired) electrons. The molecule has 0 saturated carbocycles. The van der Waals surface area contributed by atoms with Crippen molar-refractivity contribution in [2.45, 2.75) is 0 Å². The Hall–Kier alpha value is -3.03.